The van der Waals surface area contributed by atoms with E-state index in [2.05, 4.69) is 0 Å². The first kappa shape index (κ1) is 27.2. The minimum atomic E-state index is -0.975. The molecular weight excluding hydrogens is 550 g/mol. The highest BCUT2D eigenvalue weighted by atomic mass is 35.5. The first-order valence-corrected chi connectivity index (χ1v) is 13.0. The molecule has 1 aromatic heterocycles. The van der Waals surface area contributed by atoms with Crippen LogP contribution in [-0.4, -0.2) is 27.7 Å². The number of aromatic carboxylic acids is 1. The molecule has 0 saturated carbocycles. The Kier molecular flexibility index (Phi) is 8.01. The largest absolute Gasteiger partial charge is 0.496 e. The maximum Gasteiger partial charge on any atom is 0.335 e. The summed E-state index contributed by atoms with van der Waals surface area (Å²) in [4.78, 5) is 16.1. The molecule has 0 amide bonds. The van der Waals surface area contributed by atoms with Crippen LogP contribution in [0.5, 0.6) is 5.75 Å². The molecule has 1 N–H and O–H groups in total. The van der Waals surface area contributed by atoms with E-state index in [1.54, 1.807) is 48.5 Å². The second kappa shape index (κ2) is 11.8. The molecule has 0 radical (unpaired) electrons. The highest BCUT2D eigenvalue weighted by molar-refractivity contribution is 6.36. The van der Waals surface area contributed by atoms with Crippen molar-refractivity contribution in [1.29, 1.82) is 0 Å². The standard InChI is InChI=1S/C32H23Cl2FN2O3/c1-40-29-4-2-3-27(35)31(29)22-10-5-20(6-11-22)9-16-30-36-28(25-15-14-24(33)17-26(25)34)19-37(30)18-21-7-12-23(13-8-21)32(38)39/h2-17,19H,18H2,1H3,(H,38,39). The third-order valence-corrected chi connectivity index (χ3v) is 6.94. The van der Waals surface area contributed by atoms with Gasteiger partial charge in [0.2, 0.25) is 0 Å². The van der Waals surface area contributed by atoms with Crippen LogP contribution in [0.15, 0.2) is 91.1 Å². The lowest BCUT2D eigenvalue weighted by Crippen LogP contribution is -2.02. The fraction of sp³-hybridized carbons (Fsp3) is 0.0625. The van der Waals surface area contributed by atoms with Crippen LogP contribution in [0.4, 0.5) is 4.39 Å². The number of hydrogen-bond donors (Lipinski definition) is 1. The van der Waals surface area contributed by atoms with E-state index in [1.807, 2.05) is 53.2 Å². The Morgan fingerprint density at radius 3 is 2.42 bits per heavy atom. The summed E-state index contributed by atoms with van der Waals surface area (Å²) in [6.45, 7) is 0.462. The number of ether oxygens (including phenoxy) is 1. The minimum absolute atomic E-state index is 0.222. The number of methoxy groups -OCH3 is 1. The number of carboxylic acid groups (broad SMARTS) is 1. The van der Waals surface area contributed by atoms with Gasteiger partial charge in [0, 0.05) is 23.3 Å². The number of nitrogens with zero attached hydrogens (tertiary/aromatic N) is 2. The molecule has 1 heterocycles. The van der Waals surface area contributed by atoms with Gasteiger partial charge in [0.25, 0.3) is 0 Å². The Hall–Kier alpha value is -4.39. The van der Waals surface area contributed by atoms with Crippen LogP contribution in [0, 0.1) is 5.82 Å². The Bertz CT molecular complexity index is 1710. The van der Waals surface area contributed by atoms with Crippen LogP contribution in [0.1, 0.15) is 27.3 Å². The van der Waals surface area contributed by atoms with Gasteiger partial charge < -0.3 is 14.4 Å². The van der Waals surface area contributed by atoms with Crippen molar-refractivity contribution in [3.63, 3.8) is 0 Å². The average molecular weight is 573 g/mol. The fourth-order valence-electron chi connectivity index (χ4n) is 4.35. The second-order valence-corrected chi connectivity index (χ2v) is 9.85. The maximum atomic E-state index is 14.5. The van der Waals surface area contributed by atoms with Crippen molar-refractivity contribution in [2.24, 2.45) is 0 Å². The van der Waals surface area contributed by atoms with Gasteiger partial charge in [0.1, 0.15) is 17.4 Å². The molecule has 5 rings (SSSR count). The molecule has 200 valence electrons. The van der Waals surface area contributed by atoms with Gasteiger partial charge in [-0.25, -0.2) is 14.2 Å². The number of imidazole rings is 1. The van der Waals surface area contributed by atoms with Gasteiger partial charge in [0.05, 0.1) is 29.0 Å². The zero-order valence-electron chi connectivity index (χ0n) is 21.3. The van der Waals surface area contributed by atoms with E-state index in [0.29, 0.717) is 45.0 Å². The number of hydrogen-bond acceptors (Lipinski definition) is 3. The monoisotopic (exact) mass is 572 g/mol. The molecule has 40 heavy (non-hydrogen) atoms. The quantitative estimate of drug-likeness (QED) is 0.202. The molecule has 5 nitrogen and oxygen atoms in total. The van der Waals surface area contributed by atoms with Gasteiger partial charge in [-0.3, -0.25) is 0 Å². The highest BCUT2D eigenvalue weighted by Gasteiger charge is 2.13. The van der Waals surface area contributed by atoms with Crippen molar-refractivity contribution in [3.8, 4) is 28.1 Å². The third-order valence-electron chi connectivity index (χ3n) is 6.39. The molecule has 0 atom stereocenters. The van der Waals surface area contributed by atoms with Gasteiger partial charge in [-0.2, -0.15) is 0 Å². The summed E-state index contributed by atoms with van der Waals surface area (Å²) in [6, 6.07) is 24.2. The molecule has 0 fully saturated rings. The summed E-state index contributed by atoms with van der Waals surface area (Å²) in [5, 5.41) is 10.2. The fourth-order valence-corrected chi connectivity index (χ4v) is 4.86. The SMILES string of the molecule is COc1cccc(F)c1-c1ccc(C=Cc2nc(-c3ccc(Cl)cc3Cl)cn2Cc2ccc(C(=O)O)cc2)cc1. The van der Waals surface area contributed by atoms with Crippen LogP contribution in [0.3, 0.4) is 0 Å². The lowest BCUT2D eigenvalue weighted by molar-refractivity contribution is 0.0697. The molecule has 0 unspecified atom stereocenters. The summed E-state index contributed by atoms with van der Waals surface area (Å²) in [5.74, 6) is -0.190. The van der Waals surface area contributed by atoms with E-state index in [-0.39, 0.29) is 11.4 Å². The molecule has 0 aliphatic heterocycles. The molecule has 8 heteroatoms. The number of aromatic nitrogens is 2. The lowest BCUT2D eigenvalue weighted by atomic mass is 10.0. The van der Waals surface area contributed by atoms with Crippen LogP contribution >= 0.6 is 23.2 Å². The van der Waals surface area contributed by atoms with Crippen LogP contribution < -0.4 is 4.74 Å². The highest BCUT2D eigenvalue weighted by Crippen LogP contribution is 2.33. The normalized spacial score (nSPS) is 11.2. The smallest absolute Gasteiger partial charge is 0.335 e. The zero-order chi connectivity index (χ0) is 28.2. The molecule has 0 bridgehead atoms. The van der Waals surface area contributed by atoms with Crippen molar-refractivity contribution in [2.75, 3.05) is 7.11 Å². The summed E-state index contributed by atoms with van der Waals surface area (Å²) >= 11 is 12.5. The van der Waals surface area contributed by atoms with E-state index in [0.717, 1.165) is 16.7 Å². The minimum Gasteiger partial charge on any atom is -0.496 e. The maximum absolute atomic E-state index is 14.5. The van der Waals surface area contributed by atoms with Crippen LogP contribution in [-0.2, 0) is 6.54 Å². The molecule has 0 saturated heterocycles. The van der Waals surface area contributed by atoms with Gasteiger partial charge in [-0.1, -0.05) is 71.7 Å². The Morgan fingerprint density at radius 2 is 1.75 bits per heavy atom. The van der Waals surface area contributed by atoms with E-state index in [1.165, 1.54) is 13.2 Å². The number of halogens is 3. The first-order valence-electron chi connectivity index (χ1n) is 12.3. The van der Waals surface area contributed by atoms with E-state index < -0.39 is 5.97 Å². The van der Waals surface area contributed by atoms with Gasteiger partial charge in [-0.05, 0) is 65.2 Å². The van der Waals surface area contributed by atoms with Crippen LogP contribution in [0.2, 0.25) is 10.0 Å². The van der Waals surface area contributed by atoms with Crippen molar-refractivity contribution >= 4 is 41.3 Å². The summed E-state index contributed by atoms with van der Waals surface area (Å²) in [7, 11) is 1.52. The molecule has 5 aromatic rings. The molecule has 0 spiro atoms. The molecule has 4 aromatic carbocycles. The molecule has 0 aliphatic carbocycles. The summed E-state index contributed by atoms with van der Waals surface area (Å²) in [6.07, 6.45) is 5.70. The predicted octanol–water partition coefficient (Wildman–Crippen LogP) is 8.59. The predicted molar refractivity (Wildman–Crippen MR) is 158 cm³/mol. The Morgan fingerprint density at radius 1 is 1.00 bits per heavy atom. The third kappa shape index (κ3) is 5.93. The number of rotatable bonds is 8. The second-order valence-electron chi connectivity index (χ2n) is 9.01. The van der Waals surface area contributed by atoms with Crippen molar-refractivity contribution in [1.82, 2.24) is 9.55 Å². The number of carbonyl (C=O) groups is 1. The van der Waals surface area contributed by atoms with E-state index >= 15 is 0 Å². The topological polar surface area (TPSA) is 64.4 Å². The first-order chi connectivity index (χ1) is 19.3. The van der Waals surface area contributed by atoms with Gasteiger partial charge in [-0.15, -0.1) is 0 Å². The van der Waals surface area contributed by atoms with E-state index in [9.17, 15) is 14.3 Å². The van der Waals surface area contributed by atoms with Crippen molar-refractivity contribution < 1.29 is 19.0 Å². The lowest BCUT2D eigenvalue weighted by Gasteiger charge is -2.10. The van der Waals surface area contributed by atoms with Crippen molar-refractivity contribution in [2.45, 2.75) is 6.54 Å². The van der Waals surface area contributed by atoms with Crippen LogP contribution in [0.25, 0.3) is 34.5 Å². The number of carboxylic acids is 1. The van der Waals surface area contributed by atoms with E-state index in [4.69, 9.17) is 32.9 Å². The van der Waals surface area contributed by atoms with Gasteiger partial charge >= 0.3 is 5.97 Å². The molecule has 0 aliphatic rings. The summed E-state index contributed by atoms with van der Waals surface area (Å²) < 4.78 is 21.8. The Balaban J connectivity index is 1.47. The zero-order valence-corrected chi connectivity index (χ0v) is 22.8. The summed E-state index contributed by atoms with van der Waals surface area (Å²) in [5.41, 5.74) is 4.56. The van der Waals surface area contributed by atoms with Gasteiger partial charge in [0.15, 0.2) is 0 Å². The van der Waals surface area contributed by atoms with Crippen molar-refractivity contribution in [3.05, 3.63) is 130 Å². The average Bonchev–Trinajstić information content (AvgIpc) is 3.34. The number of benzene rings is 4. The molecular formula is C32H23Cl2FN2O3. The Labute approximate surface area is 240 Å².